The normalized spacial score (nSPS) is 33.5. The number of cyclic esters (lactones) is 1. The third kappa shape index (κ3) is 3.71. The summed E-state index contributed by atoms with van der Waals surface area (Å²) in [5.41, 5.74) is -0.692. The van der Waals surface area contributed by atoms with Crippen molar-refractivity contribution in [3.8, 4) is 0 Å². The molecule has 1 saturated carbocycles. The molecule has 0 amide bonds. The fourth-order valence-corrected chi connectivity index (χ4v) is 6.79. The van der Waals surface area contributed by atoms with E-state index in [1.54, 1.807) is 26.0 Å². The Labute approximate surface area is 220 Å². The van der Waals surface area contributed by atoms with Gasteiger partial charge >= 0.3 is 11.9 Å². The highest BCUT2D eigenvalue weighted by molar-refractivity contribution is 6.14. The van der Waals surface area contributed by atoms with Crippen LogP contribution in [0, 0.1) is 16.7 Å². The summed E-state index contributed by atoms with van der Waals surface area (Å²) in [6.07, 6.45) is 0.482. The SMILES string of the molecule is COC[C@@H]1OC(=O)/C(=C/Nc2ccccc2)C2=C(O)C(=O)C3=C([C@H](OC(C)=O)C[C@]4(C)C(=O)CC[C@H]34)[C@]21C. The molecule has 9 nitrogen and oxygen atoms in total. The first-order valence-electron chi connectivity index (χ1n) is 12.7. The van der Waals surface area contributed by atoms with Crippen LogP contribution < -0.4 is 5.32 Å². The predicted molar refractivity (Wildman–Crippen MR) is 136 cm³/mol. The Hall–Kier alpha value is -3.72. The summed E-state index contributed by atoms with van der Waals surface area (Å²) < 4.78 is 17.1. The summed E-state index contributed by atoms with van der Waals surface area (Å²) in [6, 6.07) is 9.09. The lowest BCUT2D eigenvalue weighted by atomic mass is 9.53. The molecule has 0 bridgehead atoms. The molecular formula is C29H31NO8. The molecule has 38 heavy (non-hydrogen) atoms. The van der Waals surface area contributed by atoms with Gasteiger partial charge in [-0.3, -0.25) is 14.4 Å². The van der Waals surface area contributed by atoms with Gasteiger partial charge in [-0.15, -0.1) is 0 Å². The average Bonchev–Trinajstić information content (AvgIpc) is 3.16. The molecular weight excluding hydrogens is 490 g/mol. The Morgan fingerprint density at radius 1 is 1.21 bits per heavy atom. The monoisotopic (exact) mass is 521 g/mol. The molecule has 0 unspecified atom stereocenters. The van der Waals surface area contributed by atoms with Crippen LogP contribution in [-0.2, 0) is 33.4 Å². The molecule has 4 aliphatic rings. The van der Waals surface area contributed by atoms with Gasteiger partial charge < -0.3 is 24.6 Å². The van der Waals surface area contributed by atoms with Crippen molar-refractivity contribution >= 4 is 29.2 Å². The number of methoxy groups -OCH3 is 1. The van der Waals surface area contributed by atoms with Gasteiger partial charge in [0.15, 0.2) is 5.76 Å². The first kappa shape index (κ1) is 25.9. The molecule has 1 aromatic carbocycles. The number of hydrogen-bond acceptors (Lipinski definition) is 9. The predicted octanol–water partition coefficient (Wildman–Crippen LogP) is 3.57. The first-order valence-corrected chi connectivity index (χ1v) is 12.7. The highest BCUT2D eigenvalue weighted by Gasteiger charge is 2.64. The standard InChI is InChI=1S/C29H31NO8/c1-15(31)37-19-12-28(2)18(10-11-20(28)32)22-24(19)29(3)21(14-36-4)38-27(35)17(23(29)26(34)25(22)33)13-30-16-8-6-5-7-9-16/h5-9,13,18-19,21,30,34H,10-12,14H2,1-4H3/b17-13+/t18-,19-,21+,28+,29+/m1/s1. The highest BCUT2D eigenvalue weighted by Crippen LogP contribution is 2.62. The van der Waals surface area contributed by atoms with E-state index in [4.69, 9.17) is 14.2 Å². The summed E-state index contributed by atoms with van der Waals surface area (Å²) in [7, 11) is 1.46. The number of carbonyl (C=O) groups is 4. The van der Waals surface area contributed by atoms with Crippen molar-refractivity contribution in [3.05, 3.63) is 64.6 Å². The van der Waals surface area contributed by atoms with Crippen LogP contribution in [0.5, 0.6) is 0 Å². The third-order valence-corrected chi connectivity index (χ3v) is 8.58. The van der Waals surface area contributed by atoms with Gasteiger partial charge in [0.1, 0.15) is 18.0 Å². The number of fused-ring (bicyclic) bond motifs is 4. The van der Waals surface area contributed by atoms with Crippen molar-refractivity contribution in [2.45, 2.75) is 52.2 Å². The van der Waals surface area contributed by atoms with Crippen molar-refractivity contribution in [1.29, 1.82) is 0 Å². The number of nitrogens with one attached hydrogen (secondary N) is 1. The molecule has 3 aliphatic carbocycles. The second-order valence-electron chi connectivity index (χ2n) is 10.7. The number of ether oxygens (including phenoxy) is 3. The topological polar surface area (TPSA) is 128 Å². The minimum Gasteiger partial charge on any atom is -0.504 e. The molecule has 5 rings (SSSR count). The minimum absolute atomic E-state index is 0.00502. The summed E-state index contributed by atoms with van der Waals surface area (Å²) >= 11 is 0. The maximum absolute atomic E-state index is 13.9. The number of allylic oxidation sites excluding steroid dienone is 1. The largest absolute Gasteiger partial charge is 0.504 e. The fourth-order valence-electron chi connectivity index (χ4n) is 6.79. The van der Waals surface area contributed by atoms with Crippen LogP contribution in [0.15, 0.2) is 64.6 Å². The van der Waals surface area contributed by atoms with Crippen LogP contribution in [0.3, 0.4) is 0 Å². The van der Waals surface area contributed by atoms with Gasteiger partial charge in [-0.1, -0.05) is 25.1 Å². The maximum atomic E-state index is 13.9. The van der Waals surface area contributed by atoms with Crippen LogP contribution in [0.25, 0.3) is 0 Å². The Morgan fingerprint density at radius 2 is 1.92 bits per heavy atom. The summed E-state index contributed by atoms with van der Waals surface area (Å²) in [5, 5.41) is 14.5. The summed E-state index contributed by atoms with van der Waals surface area (Å²) in [4.78, 5) is 52.4. The highest BCUT2D eigenvalue weighted by atomic mass is 16.6. The maximum Gasteiger partial charge on any atom is 0.340 e. The Kier molecular flexibility index (Phi) is 6.30. The number of ketones is 2. The number of Topliss-reactive ketones (excluding diaryl/α,β-unsaturated/α-hetero) is 2. The molecule has 2 N–H and O–H groups in total. The average molecular weight is 522 g/mol. The molecule has 5 atom stereocenters. The van der Waals surface area contributed by atoms with Gasteiger partial charge in [-0.25, -0.2) is 4.79 Å². The summed E-state index contributed by atoms with van der Waals surface area (Å²) in [6.45, 7) is 4.80. The number of esters is 2. The van der Waals surface area contributed by atoms with Gasteiger partial charge in [0, 0.05) is 61.2 Å². The Bertz CT molecular complexity index is 1330. The quantitative estimate of drug-likeness (QED) is 0.441. The van der Waals surface area contributed by atoms with Crippen molar-refractivity contribution < 1.29 is 38.5 Å². The van der Waals surface area contributed by atoms with E-state index in [-0.39, 0.29) is 42.0 Å². The number of aliphatic hydroxyl groups excluding tert-OH is 1. The van der Waals surface area contributed by atoms with E-state index < -0.39 is 52.4 Å². The van der Waals surface area contributed by atoms with Gasteiger partial charge in [-0.05, 0) is 31.1 Å². The molecule has 200 valence electrons. The van der Waals surface area contributed by atoms with Crippen molar-refractivity contribution in [3.63, 3.8) is 0 Å². The fraction of sp³-hybridized carbons (Fsp3) is 0.448. The van der Waals surface area contributed by atoms with Crippen LogP contribution >= 0.6 is 0 Å². The van der Waals surface area contributed by atoms with E-state index in [0.717, 1.165) is 0 Å². The lowest BCUT2D eigenvalue weighted by Crippen LogP contribution is -2.57. The number of rotatable bonds is 5. The van der Waals surface area contributed by atoms with Crippen molar-refractivity contribution in [2.24, 2.45) is 16.7 Å². The van der Waals surface area contributed by atoms with E-state index in [2.05, 4.69) is 5.32 Å². The van der Waals surface area contributed by atoms with Gasteiger partial charge in [-0.2, -0.15) is 0 Å². The first-order chi connectivity index (χ1) is 18.0. The lowest BCUT2D eigenvalue weighted by molar-refractivity contribution is -0.160. The lowest BCUT2D eigenvalue weighted by Gasteiger charge is -2.53. The van der Waals surface area contributed by atoms with Crippen molar-refractivity contribution in [1.82, 2.24) is 0 Å². The van der Waals surface area contributed by atoms with Crippen LogP contribution in [-0.4, -0.2) is 54.5 Å². The third-order valence-electron chi connectivity index (χ3n) is 8.58. The number of anilines is 1. The van der Waals surface area contributed by atoms with E-state index in [1.165, 1.54) is 20.2 Å². The molecule has 0 radical (unpaired) electrons. The van der Waals surface area contributed by atoms with Crippen LogP contribution in [0.1, 0.15) is 40.0 Å². The number of carbonyl (C=O) groups excluding carboxylic acids is 4. The zero-order chi connectivity index (χ0) is 27.4. The molecule has 9 heteroatoms. The van der Waals surface area contributed by atoms with Gasteiger partial charge in [0.2, 0.25) is 5.78 Å². The minimum atomic E-state index is -1.27. The zero-order valence-electron chi connectivity index (χ0n) is 21.8. The molecule has 2 fully saturated rings. The zero-order valence-corrected chi connectivity index (χ0v) is 21.8. The van der Waals surface area contributed by atoms with E-state index in [9.17, 15) is 24.3 Å². The smallest absolute Gasteiger partial charge is 0.340 e. The molecule has 1 aromatic rings. The van der Waals surface area contributed by atoms with E-state index >= 15 is 0 Å². The molecule has 1 heterocycles. The number of benzene rings is 1. The van der Waals surface area contributed by atoms with Crippen LogP contribution in [0.4, 0.5) is 5.69 Å². The second-order valence-corrected chi connectivity index (χ2v) is 10.7. The Balaban J connectivity index is 1.74. The number of para-hydroxylation sites is 1. The number of hydrogen-bond donors (Lipinski definition) is 2. The van der Waals surface area contributed by atoms with Crippen LogP contribution in [0.2, 0.25) is 0 Å². The Morgan fingerprint density at radius 3 is 2.58 bits per heavy atom. The molecule has 1 aliphatic heterocycles. The number of aliphatic hydroxyl groups is 1. The molecule has 1 saturated heterocycles. The van der Waals surface area contributed by atoms with Gasteiger partial charge in [0.05, 0.1) is 17.6 Å². The van der Waals surface area contributed by atoms with Crippen molar-refractivity contribution in [2.75, 3.05) is 19.0 Å². The summed E-state index contributed by atoms with van der Waals surface area (Å²) in [5.74, 6) is -2.99. The second kappa shape index (κ2) is 9.23. The van der Waals surface area contributed by atoms with Gasteiger partial charge in [0.25, 0.3) is 0 Å². The van der Waals surface area contributed by atoms with E-state index in [1.807, 2.05) is 18.2 Å². The molecule has 0 spiro atoms. The van der Waals surface area contributed by atoms with E-state index in [0.29, 0.717) is 17.7 Å². The molecule has 0 aromatic heterocycles.